The van der Waals surface area contributed by atoms with E-state index in [0.717, 1.165) is 7.11 Å². The summed E-state index contributed by atoms with van der Waals surface area (Å²) in [6.07, 6.45) is -1.35. The summed E-state index contributed by atoms with van der Waals surface area (Å²) in [5.41, 5.74) is 4.67. The van der Waals surface area contributed by atoms with Crippen LogP contribution in [0, 0.1) is 0 Å². The van der Waals surface area contributed by atoms with E-state index in [2.05, 4.69) is 10.5 Å². The molecule has 2 amide bonds. The van der Waals surface area contributed by atoms with E-state index in [1.807, 2.05) is 5.32 Å². The highest BCUT2D eigenvalue weighted by molar-refractivity contribution is 5.76. The van der Waals surface area contributed by atoms with Gasteiger partial charge in [0.05, 0.1) is 13.7 Å². The van der Waals surface area contributed by atoms with Crippen molar-refractivity contribution >= 4 is 12.0 Å². The minimum absolute atomic E-state index is 0.234. The Bertz CT molecular complexity index is 159. The maximum Gasteiger partial charge on any atom is 0.336 e. The van der Waals surface area contributed by atoms with E-state index in [4.69, 9.17) is 5.11 Å². The molecule has 6 heteroatoms. The third-order valence-corrected chi connectivity index (χ3v) is 0.943. The molecule has 4 N–H and O–H groups in total. The molecule has 0 aliphatic heterocycles. The molecule has 0 aliphatic rings. The monoisotopic (exact) mass is 162 g/mol. The Morgan fingerprint density at radius 1 is 1.73 bits per heavy atom. The average molecular weight is 162 g/mol. The number of carbonyl (C=O) groups is 2. The number of aliphatic hydroxyl groups excluding tert-OH is 1. The van der Waals surface area contributed by atoms with Crippen molar-refractivity contribution in [1.29, 1.82) is 0 Å². The number of esters is 1. The second-order valence-electron chi connectivity index (χ2n) is 1.78. The molecule has 0 radical (unpaired) electrons. The molecule has 0 aromatic carbocycles. The zero-order chi connectivity index (χ0) is 8.85. The average Bonchev–Trinajstić information content (AvgIpc) is 1.98. The van der Waals surface area contributed by atoms with Crippen LogP contribution in [0.2, 0.25) is 0 Å². The third-order valence-electron chi connectivity index (χ3n) is 0.943. The van der Waals surface area contributed by atoms with Gasteiger partial charge < -0.3 is 20.9 Å². The molecular weight excluding hydrogens is 152 g/mol. The van der Waals surface area contributed by atoms with E-state index < -0.39 is 18.1 Å². The van der Waals surface area contributed by atoms with Crippen molar-refractivity contribution in [2.24, 2.45) is 5.73 Å². The van der Waals surface area contributed by atoms with E-state index in [1.165, 1.54) is 0 Å². The van der Waals surface area contributed by atoms with E-state index in [-0.39, 0.29) is 6.54 Å². The molecule has 0 saturated carbocycles. The van der Waals surface area contributed by atoms with Crippen molar-refractivity contribution in [3.05, 3.63) is 0 Å². The van der Waals surface area contributed by atoms with E-state index in [1.54, 1.807) is 0 Å². The topological polar surface area (TPSA) is 102 Å². The molecule has 0 spiro atoms. The Labute approximate surface area is 63.3 Å². The second kappa shape index (κ2) is 4.51. The van der Waals surface area contributed by atoms with Crippen LogP contribution >= 0.6 is 0 Å². The molecule has 0 aromatic heterocycles. The van der Waals surface area contributed by atoms with Crippen molar-refractivity contribution in [2.75, 3.05) is 13.7 Å². The maximum atomic E-state index is 10.5. The first kappa shape index (κ1) is 9.70. The van der Waals surface area contributed by atoms with Gasteiger partial charge in [0.15, 0.2) is 6.10 Å². The molecule has 0 bridgehead atoms. The quantitative estimate of drug-likeness (QED) is 0.425. The van der Waals surface area contributed by atoms with Crippen LogP contribution in [0.4, 0.5) is 4.79 Å². The number of urea groups is 1. The van der Waals surface area contributed by atoms with Gasteiger partial charge in [-0.05, 0) is 0 Å². The number of methoxy groups -OCH3 is 1. The van der Waals surface area contributed by atoms with Crippen LogP contribution in [0.15, 0.2) is 0 Å². The number of carbonyl (C=O) groups excluding carboxylic acids is 2. The predicted molar refractivity (Wildman–Crippen MR) is 35.6 cm³/mol. The summed E-state index contributed by atoms with van der Waals surface area (Å²) in [6, 6.07) is -0.798. The van der Waals surface area contributed by atoms with Gasteiger partial charge in [-0.25, -0.2) is 9.59 Å². The molecule has 0 aromatic rings. The van der Waals surface area contributed by atoms with Crippen LogP contribution in [-0.4, -0.2) is 36.9 Å². The van der Waals surface area contributed by atoms with Gasteiger partial charge in [-0.1, -0.05) is 0 Å². The highest BCUT2D eigenvalue weighted by atomic mass is 16.5. The van der Waals surface area contributed by atoms with Gasteiger partial charge >= 0.3 is 12.0 Å². The Morgan fingerprint density at radius 3 is 2.64 bits per heavy atom. The summed E-state index contributed by atoms with van der Waals surface area (Å²) in [5, 5.41) is 10.9. The minimum Gasteiger partial charge on any atom is -0.467 e. The largest absolute Gasteiger partial charge is 0.467 e. The lowest BCUT2D eigenvalue weighted by molar-refractivity contribution is -0.149. The van der Waals surface area contributed by atoms with Crippen molar-refractivity contribution in [3.63, 3.8) is 0 Å². The first-order valence-corrected chi connectivity index (χ1v) is 2.87. The second-order valence-corrected chi connectivity index (χ2v) is 1.78. The Morgan fingerprint density at radius 2 is 2.27 bits per heavy atom. The molecule has 64 valence electrons. The van der Waals surface area contributed by atoms with Crippen molar-refractivity contribution in [1.82, 2.24) is 5.32 Å². The van der Waals surface area contributed by atoms with Crippen molar-refractivity contribution < 1.29 is 19.4 Å². The predicted octanol–water partition coefficient (Wildman–Crippen LogP) is -1.81. The molecule has 0 heterocycles. The molecule has 0 saturated heterocycles. The summed E-state index contributed by atoms with van der Waals surface area (Å²) in [7, 11) is 1.13. The summed E-state index contributed by atoms with van der Waals surface area (Å²) in [6.45, 7) is -0.234. The fraction of sp³-hybridized carbons (Fsp3) is 0.600. The van der Waals surface area contributed by atoms with E-state index >= 15 is 0 Å². The molecule has 0 rings (SSSR count). The summed E-state index contributed by atoms with van der Waals surface area (Å²) in [4.78, 5) is 20.5. The highest BCUT2D eigenvalue weighted by Crippen LogP contribution is 1.83. The van der Waals surface area contributed by atoms with Crippen molar-refractivity contribution in [3.8, 4) is 0 Å². The number of rotatable bonds is 3. The molecule has 0 fully saturated rings. The Kier molecular flexibility index (Phi) is 3.97. The number of hydrogen-bond acceptors (Lipinski definition) is 4. The number of ether oxygens (including phenoxy) is 1. The number of aliphatic hydroxyl groups is 1. The molecule has 1 atom stereocenters. The number of nitrogens with two attached hydrogens (primary N) is 1. The van der Waals surface area contributed by atoms with Gasteiger partial charge in [0.25, 0.3) is 0 Å². The van der Waals surface area contributed by atoms with Crippen LogP contribution in [0.25, 0.3) is 0 Å². The number of hydrogen-bond donors (Lipinski definition) is 3. The highest BCUT2D eigenvalue weighted by Gasteiger charge is 2.14. The minimum atomic E-state index is -1.35. The zero-order valence-electron chi connectivity index (χ0n) is 6.03. The molecule has 6 nitrogen and oxygen atoms in total. The first-order chi connectivity index (χ1) is 5.07. The van der Waals surface area contributed by atoms with Crippen LogP contribution in [0.3, 0.4) is 0 Å². The first-order valence-electron chi connectivity index (χ1n) is 2.87. The lowest BCUT2D eigenvalue weighted by Gasteiger charge is -2.07. The zero-order valence-corrected chi connectivity index (χ0v) is 6.03. The summed E-state index contributed by atoms with van der Waals surface area (Å²) in [5.74, 6) is -0.807. The van der Waals surface area contributed by atoms with Crippen LogP contribution in [0.5, 0.6) is 0 Å². The van der Waals surface area contributed by atoms with Gasteiger partial charge in [-0.2, -0.15) is 0 Å². The lowest BCUT2D eigenvalue weighted by atomic mass is 10.3. The fourth-order valence-corrected chi connectivity index (χ4v) is 0.417. The van der Waals surface area contributed by atoms with Gasteiger partial charge in [0, 0.05) is 0 Å². The number of amides is 2. The van der Waals surface area contributed by atoms with Gasteiger partial charge in [-0.3, -0.25) is 0 Å². The maximum absolute atomic E-state index is 10.5. The van der Waals surface area contributed by atoms with Crippen LogP contribution in [-0.2, 0) is 9.53 Å². The summed E-state index contributed by atoms with van der Waals surface area (Å²) < 4.78 is 4.16. The van der Waals surface area contributed by atoms with E-state index in [9.17, 15) is 9.59 Å². The lowest BCUT2D eigenvalue weighted by Crippen LogP contribution is -2.39. The van der Waals surface area contributed by atoms with Crippen molar-refractivity contribution in [2.45, 2.75) is 6.10 Å². The van der Waals surface area contributed by atoms with Gasteiger partial charge in [0.1, 0.15) is 0 Å². The number of nitrogens with one attached hydrogen (secondary N) is 1. The van der Waals surface area contributed by atoms with Gasteiger partial charge in [-0.15, -0.1) is 0 Å². The molecule has 0 aliphatic carbocycles. The smallest absolute Gasteiger partial charge is 0.336 e. The number of primary amides is 1. The van der Waals surface area contributed by atoms with Crippen LogP contribution < -0.4 is 11.1 Å². The molecular formula is C5H10N2O4. The standard InChI is InChI=1S/C5H10N2O4/c1-11-4(9)3(8)2-7-5(6)10/h3,8H,2H2,1H3,(H3,6,7,10). The Balaban J connectivity index is 3.60. The normalized spacial score (nSPS) is 11.8. The third kappa shape index (κ3) is 4.15. The van der Waals surface area contributed by atoms with Gasteiger partial charge in [0.2, 0.25) is 0 Å². The molecule has 11 heavy (non-hydrogen) atoms. The van der Waals surface area contributed by atoms with E-state index in [0.29, 0.717) is 0 Å². The molecule has 1 unspecified atom stereocenters. The fourth-order valence-electron chi connectivity index (χ4n) is 0.417. The Hall–Kier alpha value is -1.30. The summed E-state index contributed by atoms with van der Waals surface area (Å²) >= 11 is 0. The SMILES string of the molecule is COC(=O)C(O)CNC(N)=O. The van der Waals surface area contributed by atoms with Crippen LogP contribution in [0.1, 0.15) is 0 Å².